The van der Waals surface area contributed by atoms with E-state index < -0.39 is 0 Å². The van der Waals surface area contributed by atoms with Gasteiger partial charge in [-0.1, -0.05) is 11.6 Å². The Morgan fingerprint density at radius 3 is 2.50 bits per heavy atom. The molecule has 5 nitrogen and oxygen atoms in total. The summed E-state index contributed by atoms with van der Waals surface area (Å²) in [6.45, 7) is 2.61. The SMILES string of the molecule is CCOc1ccc(-c2nc(Nc3ccc(Cl)cc3)n[nH]2)cc1. The lowest BCUT2D eigenvalue weighted by atomic mass is 10.2. The Morgan fingerprint density at radius 1 is 1.09 bits per heavy atom. The summed E-state index contributed by atoms with van der Waals surface area (Å²) in [6, 6.07) is 15.1. The maximum Gasteiger partial charge on any atom is 0.246 e. The van der Waals surface area contributed by atoms with Crippen molar-refractivity contribution in [3.8, 4) is 17.1 Å². The van der Waals surface area contributed by atoms with Gasteiger partial charge in [0.05, 0.1) is 6.61 Å². The summed E-state index contributed by atoms with van der Waals surface area (Å²) in [4.78, 5) is 4.42. The lowest BCUT2D eigenvalue weighted by Crippen LogP contribution is -1.92. The molecular formula is C16H15ClN4O. The lowest BCUT2D eigenvalue weighted by Gasteiger charge is -2.03. The molecule has 3 rings (SSSR count). The molecule has 0 saturated carbocycles. The number of halogens is 1. The van der Waals surface area contributed by atoms with Crippen LogP contribution in [0.15, 0.2) is 48.5 Å². The van der Waals surface area contributed by atoms with Crippen molar-refractivity contribution in [2.75, 3.05) is 11.9 Å². The van der Waals surface area contributed by atoms with Crippen molar-refractivity contribution in [3.63, 3.8) is 0 Å². The molecule has 0 spiro atoms. The molecule has 2 N–H and O–H groups in total. The number of ether oxygens (including phenoxy) is 1. The second-order valence-corrected chi connectivity index (χ2v) is 5.03. The fourth-order valence-electron chi connectivity index (χ4n) is 1.98. The van der Waals surface area contributed by atoms with Crippen LogP contribution in [0.25, 0.3) is 11.4 Å². The fourth-order valence-corrected chi connectivity index (χ4v) is 2.11. The maximum atomic E-state index is 5.86. The van der Waals surface area contributed by atoms with Crippen molar-refractivity contribution in [1.29, 1.82) is 0 Å². The molecule has 0 fully saturated rings. The van der Waals surface area contributed by atoms with Gasteiger partial charge >= 0.3 is 0 Å². The zero-order valence-electron chi connectivity index (χ0n) is 12.0. The summed E-state index contributed by atoms with van der Waals surface area (Å²) < 4.78 is 5.42. The van der Waals surface area contributed by atoms with E-state index in [0.717, 1.165) is 17.0 Å². The number of H-pyrrole nitrogens is 1. The predicted octanol–water partition coefficient (Wildman–Crippen LogP) is 4.27. The molecule has 22 heavy (non-hydrogen) atoms. The number of aromatic amines is 1. The number of hydrogen-bond donors (Lipinski definition) is 2. The predicted molar refractivity (Wildman–Crippen MR) is 87.7 cm³/mol. The summed E-state index contributed by atoms with van der Waals surface area (Å²) in [5.41, 5.74) is 1.82. The largest absolute Gasteiger partial charge is 0.494 e. The number of hydrogen-bond acceptors (Lipinski definition) is 4. The van der Waals surface area contributed by atoms with E-state index in [2.05, 4.69) is 20.5 Å². The second kappa shape index (κ2) is 6.49. The van der Waals surface area contributed by atoms with Gasteiger partial charge in [-0.25, -0.2) is 0 Å². The Morgan fingerprint density at radius 2 is 1.82 bits per heavy atom. The fraction of sp³-hybridized carbons (Fsp3) is 0.125. The van der Waals surface area contributed by atoms with Crippen LogP contribution in [-0.2, 0) is 0 Å². The van der Waals surface area contributed by atoms with E-state index in [1.165, 1.54) is 0 Å². The first kappa shape index (κ1) is 14.4. The third-order valence-corrected chi connectivity index (χ3v) is 3.28. The van der Waals surface area contributed by atoms with Crippen LogP contribution in [0.4, 0.5) is 11.6 Å². The number of rotatable bonds is 5. The molecular weight excluding hydrogens is 300 g/mol. The lowest BCUT2D eigenvalue weighted by molar-refractivity contribution is 0.340. The average Bonchev–Trinajstić information content (AvgIpc) is 2.99. The van der Waals surface area contributed by atoms with Gasteiger partial charge in [0.15, 0.2) is 5.82 Å². The number of aromatic nitrogens is 3. The van der Waals surface area contributed by atoms with Crippen LogP contribution in [0.2, 0.25) is 5.02 Å². The third kappa shape index (κ3) is 3.38. The zero-order valence-corrected chi connectivity index (χ0v) is 12.8. The molecule has 2 aromatic carbocycles. The van der Waals surface area contributed by atoms with Crippen LogP contribution in [0.3, 0.4) is 0 Å². The van der Waals surface area contributed by atoms with Crippen LogP contribution in [-0.4, -0.2) is 21.8 Å². The molecule has 0 bridgehead atoms. The van der Waals surface area contributed by atoms with Crippen molar-refractivity contribution < 1.29 is 4.74 Å². The Bertz CT molecular complexity index is 738. The molecule has 0 radical (unpaired) electrons. The molecule has 0 aliphatic carbocycles. The van der Waals surface area contributed by atoms with Crippen molar-refractivity contribution in [3.05, 3.63) is 53.6 Å². The van der Waals surface area contributed by atoms with Gasteiger partial charge in [0.1, 0.15) is 5.75 Å². The van der Waals surface area contributed by atoms with Gasteiger partial charge in [0.2, 0.25) is 5.95 Å². The normalized spacial score (nSPS) is 10.5. The smallest absolute Gasteiger partial charge is 0.246 e. The first-order valence-electron chi connectivity index (χ1n) is 6.93. The minimum Gasteiger partial charge on any atom is -0.494 e. The minimum atomic E-state index is 0.506. The summed E-state index contributed by atoms with van der Waals surface area (Å²) in [5, 5.41) is 10.9. The topological polar surface area (TPSA) is 62.8 Å². The molecule has 112 valence electrons. The minimum absolute atomic E-state index is 0.506. The Labute approximate surface area is 133 Å². The molecule has 0 amide bonds. The Hall–Kier alpha value is -2.53. The van der Waals surface area contributed by atoms with Gasteiger partial charge in [0.25, 0.3) is 0 Å². The van der Waals surface area contributed by atoms with E-state index in [1.807, 2.05) is 55.5 Å². The van der Waals surface area contributed by atoms with E-state index in [1.54, 1.807) is 0 Å². The van der Waals surface area contributed by atoms with Crippen LogP contribution < -0.4 is 10.1 Å². The second-order valence-electron chi connectivity index (χ2n) is 4.60. The molecule has 1 heterocycles. The molecule has 0 atom stereocenters. The van der Waals surface area contributed by atoms with Crippen LogP contribution in [0.5, 0.6) is 5.75 Å². The van der Waals surface area contributed by atoms with E-state index in [0.29, 0.717) is 23.4 Å². The molecule has 1 aromatic heterocycles. The summed E-state index contributed by atoms with van der Waals surface area (Å²) in [7, 11) is 0. The van der Waals surface area contributed by atoms with Crippen molar-refractivity contribution >= 4 is 23.2 Å². The summed E-state index contributed by atoms with van der Waals surface area (Å²) >= 11 is 5.86. The van der Waals surface area contributed by atoms with Crippen LogP contribution in [0, 0.1) is 0 Å². The Balaban J connectivity index is 1.74. The molecule has 0 saturated heterocycles. The molecule has 3 aromatic rings. The van der Waals surface area contributed by atoms with Crippen molar-refractivity contribution in [2.24, 2.45) is 0 Å². The number of anilines is 2. The average molecular weight is 315 g/mol. The molecule has 0 unspecified atom stereocenters. The van der Waals surface area contributed by atoms with Crippen LogP contribution >= 0.6 is 11.6 Å². The quantitative estimate of drug-likeness (QED) is 0.738. The standard InChI is InChI=1S/C16H15ClN4O/c1-2-22-14-9-3-11(4-10-14)15-19-16(21-20-15)18-13-7-5-12(17)6-8-13/h3-10H,2H2,1H3,(H2,18,19,20,21). The third-order valence-electron chi connectivity index (χ3n) is 3.02. The van der Waals surface area contributed by atoms with E-state index in [9.17, 15) is 0 Å². The van der Waals surface area contributed by atoms with E-state index >= 15 is 0 Å². The van der Waals surface area contributed by atoms with E-state index in [4.69, 9.17) is 16.3 Å². The van der Waals surface area contributed by atoms with Gasteiger partial charge in [-0.05, 0) is 55.5 Å². The van der Waals surface area contributed by atoms with Gasteiger partial charge in [-0.3, -0.25) is 5.10 Å². The van der Waals surface area contributed by atoms with Gasteiger partial charge in [0, 0.05) is 16.3 Å². The highest BCUT2D eigenvalue weighted by molar-refractivity contribution is 6.30. The highest BCUT2D eigenvalue weighted by Gasteiger charge is 2.06. The van der Waals surface area contributed by atoms with Gasteiger partial charge in [-0.2, -0.15) is 4.98 Å². The molecule has 6 heteroatoms. The van der Waals surface area contributed by atoms with Gasteiger partial charge < -0.3 is 10.1 Å². The van der Waals surface area contributed by atoms with Gasteiger partial charge in [-0.15, -0.1) is 5.10 Å². The number of nitrogens with zero attached hydrogens (tertiary/aromatic N) is 2. The number of benzene rings is 2. The molecule has 0 aliphatic heterocycles. The first-order chi connectivity index (χ1) is 10.7. The first-order valence-corrected chi connectivity index (χ1v) is 7.30. The molecule has 0 aliphatic rings. The maximum absolute atomic E-state index is 5.86. The van der Waals surface area contributed by atoms with Crippen molar-refractivity contribution in [1.82, 2.24) is 15.2 Å². The number of nitrogens with one attached hydrogen (secondary N) is 2. The highest BCUT2D eigenvalue weighted by Crippen LogP contribution is 2.21. The summed E-state index contributed by atoms with van der Waals surface area (Å²) in [5.74, 6) is 2.04. The summed E-state index contributed by atoms with van der Waals surface area (Å²) in [6.07, 6.45) is 0. The van der Waals surface area contributed by atoms with Crippen LogP contribution in [0.1, 0.15) is 6.92 Å². The van der Waals surface area contributed by atoms with Crippen molar-refractivity contribution in [2.45, 2.75) is 6.92 Å². The Kier molecular flexibility index (Phi) is 4.25. The zero-order chi connectivity index (χ0) is 15.4. The highest BCUT2D eigenvalue weighted by atomic mass is 35.5. The van der Waals surface area contributed by atoms with E-state index in [-0.39, 0.29) is 0 Å². The monoisotopic (exact) mass is 314 g/mol.